The number of benzene rings is 2. The van der Waals surface area contributed by atoms with Gasteiger partial charge < -0.3 is 5.32 Å². The first-order valence-electron chi connectivity index (χ1n) is 5.33. The van der Waals surface area contributed by atoms with Crippen LogP contribution in [0, 0.1) is 24.1 Å². The van der Waals surface area contributed by atoms with Crippen molar-refractivity contribution in [2.75, 3.05) is 5.32 Å². The van der Waals surface area contributed by atoms with E-state index in [-0.39, 0.29) is 5.82 Å². The van der Waals surface area contributed by atoms with Crippen LogP contribution >= 0.6 is 15.9 Å². The van der Waals surface area contributed by atoms with E-state index < -0.39 is 0 Å². The third kappa shape index (κ3) is 2.69. The molecular weight excluding hydrogens is 295 g/mol. The molecule has 0 saturated heterocycles. The summed E-state index contributed by atoms with van der Waals surface area (Å²) < 4.78 is 14.4. The molecule has 0 fully saturated rings. The highest BCUT2D eigenvalue weighted by atomic mass is 79.9. The summed E-state index contributed by atoms with van der Waals surface area (Å²) in [4.78, 5) is 0. The zero-order valence-electron chi connectivity index (χ0n) is 9.67. The molecule has 4 heteroatoms. The fourth-order valence-electron chi connectivity index (χ4n) is 1.59. The summed E-state index contributed by atoms with van der Waals surface area (Å²) in [6, 6.07) is 12.2. The maximum atomic E-state index is 13.7. The molecule has 0 spiro atoms. The Morgan fingerprint density at radius 3 is 2.61 bits per heavy atom. The molecule has 0 atom stereocenters. The van der Waals surface area contributed by atoms with Crippen LogP contribution in [0.25, 0.3) is 0 Å². The van der Waals surface area contributed by atoms with E-state index in [1.165, 1.54) is 6.07 Å². The van der Waals surface area contributed by atoms with E-state index >= 15 is 0 Å². The van der Waals surface area contributed by atoms with E-state index in [1.807, 2.05) is 19.1 Å². The highest BCUT2D eigenvalue weighted by Crippen LogP contribution is 2.25. The van der Waals surface area contributed by atoms with Crippen LogP contribution in [0.1, 0.15) is 11.1 Å². The van der Waals surface area contributed by atoms with Crippen molar-refractivity contribution in [1.29, 1.82) is 5.26 Å². The predicted molar refractivity (Wildman–Crippen MR) is 73.3 cm³/mol. The van der Waals surface area contributed by atoms with Crippen molar-refractivity contribution in [3.63, 3.8) is 0 Å². The molecule has 90 valence electrons. The number of aryl methyl sites for hydroxylation is 1. The molecule has 2 aromatic rings. The Morgan fingerprint density at radius 1 is 1.17 bits per heavy atom. The van der Waals surface area contributed by atoms with Crippen molar-refractivity contribution in [3.8, 4) is 6.07 Å². The van der Waals surface area contributed by atoms with Gasteiger partial charge >= 0.3 is 0 Å². The fourth-order valence-corrected chi connectivity index (χ4v) is 1.93. The average Bonchev–Trinajstić information content (AvgIpc) is 2.33. The van der Waals surface area contributed by atoms with Crippen LogP contribution in [0.3, 0.4) is 0 Å². The fraction of sp³-hybridized carbons (Fsp3) is 0.0714. The third-order valence-corrected chi connectivity index (χ3v) is 2.99. The van der Waals surface area contributed by atoms with Crippen LogP contribution in [-0.2, 0) is 0 Å². The average molecular weight is 305 g/mol. The lowest BCUT2D eigenvalue weighted by atomic mass is 10.1. The molecule has 0 aliphatic heterocycles. The summed E-state index contributed by atoms with van der Waals surface area (Å²) in [6.07, 6.45) is 0. The van der Waals surface area contributed by atoms with Gasteiger partial charge in [0, 0.05) is 4.47 Å². The SMILES string of the molecule is Cc1ccc(C#N)c(Nc2ccc(Br)cc2F)c1. The molecule has 18 heavy (non-hydrogen) atoms. The highest BCUT2D eigenvalue weighted by molar-refractivity contribution is 9.10. The summed E-state index contributed by atoms with van der Waals surface area (Å²) in [5.41, 5.74) is 2.45. The Balaban J connectivity index is 2.40. The van der Waals surface area contributed by atoms with Gasteiger partial charge in [-0.05, 0) is 42.8 Å². The second-order valence-corrected chi connectivity index (χ2v) is 4.83. The molecule has 0 aliphatic carbocycles. The van der Waals surface area contributed by atoms with E-state index in [4.69, 9.17) is 5.26 Å². The minimum absolute atomic E-state index is 0.348. The summed E-state index contributed by atoms with van der Waals surface area (Å²) in [6.45, 7) is 1.92. The minimum atomic E-state index is -0.366. The first kappa shape index (κ1) is 12.6. The Bertz CT molecular complexity index is 632. The highest BCUT2D eigenvalue weighted by Gasteiger charge is 2.06. The number of hydrogen-bond acceptors (Lipinski definition) is 2. The van der Waals surface area contributed by atoms with E-state index in [0.29, 0.717) is 21.4 Å². The van der Waals surface area contributed by atoms with E-state index in [0.717, 1.165) is 5.56 Å². The van der Waals surface area contributed by atoms with Gasteiger partial charge in [0.05, 0.1) is 16.9 Å². The van der Waals surface area contributed by atoms with Crippen molar-refractivity contribution in [1.82, 2.24) is 0 Å². The number of rotatable bonds is 2. The lowest BCUT2D eigenvalue weighted by Crippen LogP contribution is -1.96. The molecule has 0 radical (unpaired) electrons. The standard InChI is InChI=1S/C14H10BrFN2/c1-9-2-3-10(8-17)14(6-9)18-13-5-4-11(15)7-12(13)16/h2-7,18H,1H3. The number of hydrogen-bond donors (Lipinski definition) is 1. The van der Waals surface area contributed by atoms with Crippen molar-refractivity contribution in [2.45, 2.75) is 6.92 Å². The topological polar surface area (TPSA) is 35.8 Å². The normalized spacial score (nSPS) is 9.89. The Morgan fingerprint density at radius 2 is 1.94 bits per heavy atom. The van der Waals surface area contributed by atoms with Crippen molar-refractivity contribution < 1.29 is 4.39 Å². The summed E-state index contributed by atoms with van der Waals surface area (Å²) in [7, 11) is 0. The number of anilines is 2. The van der Waals surface area contributed by atoms with Crippen LogP contribution in [-0.4, -0.2) is 0 Å². The van der Waals surface area contributed by atoms with Gasteiger partial charge in [0.25, 0.3) is 0 Å². The second kappa shape index (κ2) is 5.19. The molecular formula is C14H10BrFN2. The first-order chi connectivity index (χ1) is 8.60. The number of nitrogens with zero attached hydrogens (tertiary/aromatic N) is 1. The Hall–Kier alpha value is -1.86. The largest absolute Gasteiger partial charge is 0.352 e. The van der Waals surface area contributed by atoms with Gasteiger partial charge in [-0.15, -0.1) is 0 Å². The molecule has 2 rings (SSSR count). The summed E-state index contributed by atoms with van der Waals surface area (Å²) >= 11 is 3.20. The smallest absolute Gasteiger partial charge is 0.147 e. The van der Waals surface area contributed by atoms with Crippen LogP contribution in [0.4, 0.5) is 15.8 Å². The van der Waals surface area contributed by atoms with E-state index in [2.05, 4.69) is 27.3 Å². The molecule has 2 aromatic carbocycles. The molecule has 0 amide bonds. The molecule has 0 heterocycles. The quantitative estimate of drug-likeness (QED) is 0.886. The molecule has 0 bridgehead atoms. The van der Waals surface area contributed by atoms with Crippen LogP contribution in [0.5, 0.6) is 0 Å². The van der Waals surface area contributed by atoms with Crippen LogP contribution in [0.2, 0.25) is 0 Å². The van der Waals surface area contributed by atoms with Gasteiger partial charge in [0.1, 0.15) is 11.9 Å². The van der Waals surface area contributed by atoms with Gasteiger partial charge in [-0.25, -0.2) is 4.39 Å². The van der Waals surface area contributed by atoms with Gasteiger partial charge in [-0.3, -0.25) is 0 Å². The number of nitrogens with one attached hydrogen (secondary N) is 1. The zero-order valence-corrected chi connectivity index (χ0v) is 11.3. The molecule has 0 saturated carbocycles. The van der Waals surface area contributed by atoms with Gasteiger partial charge in [0.2, 0.25) is 0 Å². The molecule has 0 aliphatic rings. The van der Waals surface area contributed by atoms with E-state index in [9.17, 15) is 4.39 Å². The third-order valence-electron chi connectivity index (χ3n) is 2.50. The number of halogens is 2. The van der Waals surface area contributed by atoms with Crippen LogP contribution < -0.4 is 5.32 Å². The van der Waals surface area contributed by atoms with Crippen molar-refractivity contribution in [3.05, 3.63) is 57.8 Å². The lowest BCUT2D eigenvalue weighted by molar-refractivity contribution is 0.631. The lowest BCUT2D eigenvalue weighted by Gasteiger charge is -2.10. The van der Waals surface area contributed by atoms with Crippen LogP contribution in [0.15, 0.2) is 40.9 Å². The number of nitriles is 1. The Labute approximate surface area is 113 Å². The maximum absolute atomic E-state index is 13.7. The van der Waals surface area contributed by atoms with Gasteiger partial charge in [-0.2, -0.15) is 5.26 Å². The predicted octanol–water partition coefficient (Wildman–Crippen LogP) is 4.51. The van der Waals surface area contributed by atoms with Crippen molar-refractivity contribution >= 4 is 27.3 Å². The van der Waals surface area contributed by atoms with Gasteiger partial charge in [-0.1, -0.05) is 22.0 Å². The molecule has 2 nitrogen and oxygen atoms in total. The Kier molecular flexibility index (Phi) is 3.63. The van der Waals surface area contributed by atoms with Gasteiger partial charge in [0.15, 0.2) is 0 Å². The monoisotopic (exact) mass is 304 g/mol. The molecule has 0 unspecified atom stereocenters. The second-order valence-electron chi connectivity index (χ2n) is 3.91. The minimum Gasteiger partial charge on any atom is -0.352 e. The summed E-state index contributed by atoms with van der Waals surface area (Å²) in [5, 5.41) is 12.0. The zero-order chi connectivity index (χ0) is 13.1. The summed E-state index contributed by atoms with van der Waals surface area (Å²) in [5.74, 6) is -0.366. The maximum Gasteiger partial charge on any atom is 0.147 e. The molecule has 1 N–H and O–H groups in total. The van der Waals surface area contributed by atoms with E-state index in [1.54, 1.807) is 18.2 Å². The van der Waals surface area contributed by atoms with Crippen molar-refractivity contribution in [2.24, 2.45) is 0 Å². The first-order valence-corrected chi connectivity index (χ1v) is 6.12. The molecule has 0 aromatic heterocycles.